The van der Waals surface area contributed by atoms with Crippen molar-refractivity contribution in [2.24, 2.45) is 0 Å². The second kappa shape index (κ2) is 6.76. The van der Waals surface area contributed by atoms with Gasteiger partial charge in [-0.2, -0.15) is 0 Å². The molecule has 90 valence electrons. The molecule has 0 aromatic rings. The molecule has 0 fully saturated rings. The van der Waals surface area contributed by atoms with Gasteiger partial charge in [0.25, 0.3) is 5.91 Å². The third-order valence-corrected chi connectivity index (χ3v) is 2.46. The lowest BCUT2D eigenvalue weighted by molar-refractivity contribution is -0.142. The van der Waals surface area contributed by atoms with Crippen molar-refractivity contribution in [1.29, 1.82) is 0 Å². The average Bonchev–Trinajstić information content (AvgIpc) is 2.25. The summed E-state index contributed by atoms with van der Waals surface area (Å²) in [6.45, 7) is 3.96. The summed E-state index contributed by atoms with van der Waals surface area (Å²) in [6.07, 6.45) is -0.104. The van der Waals surface area contributed by atoms with Crippen molar-refractivity contribution in [1.82, 2.24) is 5.32 Å². The molecule has 0 heterocycles. The third kappa shape index (κ3) is 4.59. The van der Waals surface area contributed by atoms with Gasteiger partial charge in [-0.25, -0.2) is 0 Å². The second-order valence-electron chi connectivity index (χ2n) is 3.61. The molecule has 0 spiro atoms. The number of hydrogen-bond acceptors (Lipinski definition) is 4. The highest BCUT2D eigenvalue weighted by molar-refractivity contribution is 5.84. The van der Waals surface area contributed by atoms with Crippen molar-refractivity contribution in [2.75, 3.05) is 27.4 Å². The van der Waals surface area contributed by atoms with Gasteiger partial charge in [-0.05, 0) is 13.3 Å². The summed E-state index contributed by atoms with van der Waals surface area (Å²) in [5.41, 5.74) is -0.827. The van der Waals surface area contributed by atoms with Gasteiger partial charge in [-0.3, -0.25) is 4.79 Å². The molecule has 15 heavy (non-hydrogen) atoms. The van der Waals surface area contributed by atoms with Gasteiger partial charge in [0.1, 0.15) is 5.60 Å². The molecule has 2 N–H and O–H groups in total. The van der Waals surface area contributed by atoms with Crippen molar-refractivity contribution in [3.05, 3.63) is 0 Å². The van der Waals surface area contributed by atoms with Crippen molar-refractivity contribution >= 4 is 5.91 Å². The number of carbonyl (C=O) groups excluding carboxylic acids is 1. The van der Waals surface area contributed by atoms with E-state index >= 15 is 0 Å². The predicted octanol–water partition coefficient (Wildman–Crippen LogP) is -0.0750. The quantitative estimate of drug-likeness (QED) is 0.628. The molecule has 0 bridgehead atoms. The maximum Gasteiger partial charge on any atom is 0.252 e. The second-order valence-corrected chi connectivity index (χ2v) is 3.61. The fourth-order valence-corrected chi connectivity index (χ4v) is 1.05. The van der Waals surface area contributed by atoms with E-state index in [1.54, 1.807) is 6.92 Å². The van der Waals surface area contributed by atoms with Crippen LogP contribution in [0.2, 0.25) is 0 Å². The SMILES string of the molecule is CCC(C)(OC)C(=O)NCC(O)COC. The standard InChI is InChI=1S/C10H21NO4/c1-5-10(2,15-4)9(13)11-6-8(12)7-14-3/h8,12H,5-7H2,1-4H3,(H,11,13). The highest BCUT2D eigenvalue weighted by atomic mass is 16.5. The maximum atomic E-state index is 11.6. The van der Waals surface area contributed by atoms with E-state index in [1.165, 1.54) is 14.2 Å². The first kappa shape index (κ1) is 14.3. The van der Waals surface area contributed by atoms with Crippen LogP contribution in [0.4, 0.5) is 0 Å². The Morgan fingerprint density at radius 1 is 1.53 bits per heavy atom. The van der Waals surface area contributed by atoms with Crippen LogP contribution in [0.25, 0.3) is 0 Å². The minimum Gasteiger partial charge on any atom is -0.389 e. The number of aliphatic hydroxyl groups is 1. The molecule has 0 aliphatic rings. The minimum atomic E-state index is -0.827. The molecule has 0 aliphatic heterocycles. The summed E-state index contributed by atoms with van der Waals surface area (Å²) >= 11 is 0. The van der Waals surface area contributed by atoms with E-state index in [0.717, 1.165) is 0 Å². The molecule has 0 aromatic heterocycles. The Bertz CT molecular complexity index is 192. The summed E-state index contributed by atoms with van der Waals surface area (Å²) in [5.74, 6) is -0.220. The van der Waals surface area contributed by atoms with E-state index in [-0.39, 0.29) is 19.1 Å². The fourth-order valence-electron chi connectivity index (χ4n) is 1.05. The molecular weight excluding hydrogens is 198 g/mol. The number of amides is 1. The predicted molar refractivity (Wildman–Crippen MR) is 56.6 cm³/mol. The van der Waals surface area contributed by atoms with E-state index < -0.39 is 11.7 Å². The monoisotopic (exact) mass is 219 g/mol. The zero-order valence-corrected chi connectivity index (χ0v) is 9.87. The lowest BCUT2D eigenvalue weighted by atomic mass is 10.0. The van der Waals surface area contributed by atoms with Crippen LogP contribution in [0.1, 0.15) is 20.3 Å². The van der Waals surface area contributed by atoms with Gasteiger partial charge in [0.15, 0.2) is 0 Å². The molecule has 0 rings (SSSR count). The Morgan fingerprint density at radius 3 is 2.53 bits per heavy atom. The maximum absolute atomic E-state index is 11.6. The first-order valence-electron chi connectivity index (χ1n) is 5.00. The van der Waals surface area contributed by atoms with Crippen LogP contribution in [-0.2, 0) is 14.3 Å². The first-order valence-corrected chi connectivity index (χ1v) is 5.00. The van der Waals surface area contributed by atoms with E-state index in [9.17, 15) is 9.90 Å². The van der Waals surface area contributed by atoms with Crippen LogP contribution in [0, 0.1) is 0 Å². The summed E-state index contributed by atoms with van der Waals surface area (Å²) < 4.78 is 9.86. The molecule has 1 amide bonds. The largest absolute Gasteiger partial charge is 0.389 e. The number of aliphatic hydroxyl groups excluding tert-OH is 1. The number of hydrogen-bond donors (Lipinski definition) is 2. The van der Waals surface area contributed by atoms with E-state index in [1.807, 2.05) is 6.92 Å². The highest BCUT2D eigenvalue weighted by Crippen LogP contribution is 2.13. The molecule has 0 saturated heterocycles. The van der Waals surface area contributed by atoms with Crippen LogP contribution in [0.15, 0.2) is 0 Å². The molecular formula is C10H21NO4. The van der Waals surface area contributed by atoms with Gasteiger partial charge in [-0.1, -0.05) is 6.92 Å². The van der Waals surface area contributed by atoms with E-state index in [4.69, 9.17) is 9.47 Å². The van der Waals surface area contributed by atoms with Gasteiger partial charge in [0, 0.05) is 20.8 Å². The van der Waals surface area contributed by atoms with Gasteiger partial charge >= 0.3 is 0 Å². The Hall–Kier alpha value is -0.650. The van der Waals surface area contributed by atoms with Gasteiger partial charge in [0.2, 0.25) is 0 Å². The molecule has 5 nitrogen and oxygen atoms in total. The number of methoxy groups -OCH3 is 2. The average molecular weight is 219 g/mol. The molecule has 0 saturated carbocycles. The Morgan fingerprint density at radius 2 is 2.13 bits per heavy atom. The lowest BCUT2D eigenvalue weighted by Crippen LogP contribution is -2.48. The van der Waals surface area contributed by atoms with Crippen LogP contribution < -0.4 is 5.32 Å². The van der Waals surface area contributed by atoms with Crippen LogP contribution in [0.5, 0.6) is 0 Å². The zero-order chi connectivity index (χ0) is 11.9. The highest BCUT2D eigenvalue weighted by Gasteiger charge is 2.30. The van der Waals surface area contributed by atoms with E-state index in [2.05, 4.69) is 5.32 Å². The molecule has 0 aliphatic carbocycles. The van der Waals surface area contributed by atoms with Crippen molar-refractivity contribution in [2.45, 2.75) is 32.0 Å². The summed E-state index contributed by atoms with van der Waals surface area (Å²) in [4.78, 5) is 11.6. The Balaban J connectivity index is 4.02. The third-order valence-electron chi connectivity index (χ3n) is 2.46. The van der Waals surface area contributed by atoms with Gasteiger partial charge in [0.05, 0.1) is 12.7 Å². The Kier molecular flexibility index (Phi) is 6.47. The smallest absolute Gasteiger partial charge is 0.252 e. The normalized spacial score (nSPS) is 16.9. The summed E-state index contributed by atoms with van der Waals surface area (Å²) in [6, 6.07) is 0. The summed E-state index contributed by atoms with van der Waals surface area (Å²) in [5, 5.41) is 11.9. The van der Waals surface area contributed by atoms with Crippen LogP contribution in [0.3, 0.4) is 0 Å². The van der Waals surface area contributed by atoms with Crippen molar-refractivity contribution < 1.29 is 19.4 Å². The molecule has 0 aromatic carbocycles. The Labute approximate surface area is 90.8 Å². The van der Waals surface area contributed by atoms with Crippen LogP contribution in [-0.4, -0.2) is 50.1 Å². The number of nitrogens with one attached hydrogen (secondary N) is 1. The number of rotatable bonds is 7. The van der Waals surface area contributed by atoms with Crippen molar-refractivity contribution in [3.63, 3.8) is 0 Å². The zero-order valence-electron chi connectivity index (χ0n) is 9.87. The van der Waals surface area contributed by atoms with E-state index in [0.29, 0.717) is 6.42 Å². The fraction of sp³-hybridized carbons (Fsp3) is 0.900. The molecule has 2 atom stereocenters. The van der Waals surface area contributed by atoms with Gasteiger partial charge < -0.3 is 19.9 Å². The lowest BCUT2D eigenvalue weighted by Gasteiger charge is -2.25. The van der Waals surface area contributed by atoms with Gasteiger partial charge in [-0.15, -0.1) is 0 Å². The first-order chi connectivity index (χ1) is 7.00. The summed E-state index contributed by atoms with van der Waals surface area (Å²) in [7, 11) is 2.99. The topological polar surface area (TPSA) is 67.8 Å². The molecule has 5 heteroatoms. The number of ether oxygens (including phenoxy) is 2. The molecule has 0 radical (unpaired) electrons. The van der Waals surface area contributed by atoms with Crippen molar-refractivity contribution in [3.8, 4) is 0 Å². The number of carbonyl (C=O) groups is 1. The molecule has 2 unspecified atom stereocenters. The van der Waals surface area contributed by atoms with Crippen LogP contribution >= 0.6 is 0 Å². The minimum absolute atomic E-state index is 0.172.